The summed E-state index contributed by atoms with van der Waals surface area (Å²) in [5.41, 5.74) is -0.395. The van der Waals surface area contributed by atoms with E-state index < -0.39 is 16.6 Å². The molecule has 0 bridgehead atoms. The number of hydrogen-bond acceptors (Lipinski definition) is 4. The maximum absolute atomic E-state index is 12.5. The Balaban J connectivity index is 1.96. The van der Waals surface area contributed by atoms with Crippen molar-refractivity contribution in [2.24, 2.45) is 5.41 Å². The summed E-state index contributed by atoms with van der Waals surface area (Å²) in [4.78, 5) is 14.0. The van der Waals surface area contributed by atoms with E-state index in [4.69, 9.17) is 4.74 Å². The number of piperidine rings is 1. The van der Waals surface area contributed by atoms with E-state index in [9.17, 15) is 9.00 Å². The first-order chi connectivity index (χ1) is 10.9. The van der Waals surface area contributed by atoms with E-state index in [-0.39, 0.29) is 22.3 Å². The highest BCUT2D eigenvalue weighted by Gasteiger charge is 2.47. The molecule has 2 fully saturated rings. The Morgan fingerprint density at radius 1 is 1.21 bits per heavy atom. The molecule has 2 N–H and O–H groups in total. The number of nitrogens with zero attached hydrogens (tertiary/aromatic N) is 1. The van der Waals surface area contributed by atoms with Gasteiger partial charge in [0, 0.05) is 37.6 Å². The summed E-state index contributed by atoms with van der Waals surface area (Å²) >= 11 is 0. The lowest BCUT2D eigenvalue weighted by Gasteiger charge is -2.43. The van der Waals surface area contributed by atoms with Crippen LogP contribution in [0.4, 0.5) is 4.79 Å². The number of hydrogen-bond donors (Lipinski definition) is 2. The van der Waals surface area contributed by atoms with Crippen LogP contribution >= 0.6 is 0 Å². The van der Waals surface area contributed by atoms with Crippen LogP contribution in [0.2, 0.25) is 0 Å². The van der Waals surface area contributed by atoms with Crippen molar-refractivity contribution in [3.63, 3.8) is 0 Å². The minimum Gasteiger partial charge on any atom is -0.444 e. The summed E-state index contributed by atoms with van der Waals surface area (Å²) in [7, 11) is -1.08. The van der Waals surface area contributed by atoms with Crippen molar-refractivity contribution in [1.82, 2.24) is 14.9 Å². The van der Waals surface area contributed by atoms with E-state index >= 15 is 0 Å². The second kappa shape index (κ2) is 6.92. The zero-order chi connectivity index (χ0) is 18.2. The van der Waals surface area contributed by atoms with Crippen LogP contribution in [-0.2, 0) is 15.7 Å². The molecule has 0 aliphatic carbocycles. The molecule has 2 heterocycles. The number of amides is 1. The van der Waals surface area contributed by atoms with Crippen LogP contribution in [0.1, 0.15) is 54.4 Å². The average molecular weight is 360 g/mol. The van der Waals surface area contributed by atoms with Crippen LogP contribution in [0.5, 0.6) is 0 Å². The van der Waals surface area contributed by atoms with Crippen molar-refractivity contribution in [3.05, 3.63) is 0 Å². The largest absolute Gasteiger partial charge is 0.444 e. The van der Waals surface area contributed by atoms with Crippen LogP contribution in [0, 0.1) is 5.41 Å². The topological polar surface area (TPSA) is 70.7 Å². The second-order valence-electron chi connectivity index (χ2n) is 9.01. The second-order valence-corrected chi connectivity index (χ2v) is 11.0. The van der Waals surface area contributed by atoms with Crippen LogP contribution in [-0.4, -0.2) is 57.8 Å². The van der Waals surface area contributed by atoms with Crippen molar-refractivity contribution in [1.29, 1.82) is 0 Å². The fourth-order valence-corrected chi connectivity index (χ4v) is 4.21. The van der Waals surface area contributed by atoms with Crippen LogP contribution < -0.4 is 10.0 Å². The zero-order valence-electron chi connectivity index (χ0n) is 15.9. The molecule has 7 heteroatoms. The number of carbonyl (C=O) groups is 1. The van der Waals surface area contributed by atoms with Crippen molar-refractivity contribution < 1.29 is 13.7 Å². The van der Waals surface area contributed by atoms with Gasteiger partial charge in [-0.15, -0.1) is 0 Å². The number of carbonyl (C=O) groups excluding carboxylic acids is 1. The number of rotatable bonds is 2. The number of ether oxygens (including phenoxy) is 1. The van der Waals surface area contributed by atoms with Gasteiger partial charge in [0.2, 0.25) is 0 Å². The maximum Gasteiger partial charge on any atom is 0.410 e. The molecule has 140 valence electrons. The lowest BCUT2D eigenvalue weighted by molar-refractivity contribution is 0.0100. The predicted octanol–water partition coefficient (Wildman–Crippen LogP) is 2.03. The Kier molecular flexibility index (Phi) is 5.67. The summed E-state index contributed by atoms with van der Waals surface area (Å²) in [5, 5.41) is 3.44. The molecule has 2 atom stereocenters. The summed E-state index contributed by atoms with van der Waals surface area (Å²) in [5.74, 6) is 0. The van der Waals surface area contributed by atoms with E-state index in [0.717, 1.165) is 25.9 Å². The Labute approximate surface area is 148 Å². The lowest BCUT2D eigenvalue weighted by atomic mass is 9.75. The minimum atomic E-state index is -1.08. The molecule has 24 heavy (non-hydrogen) atoms. The zero-order valence-corrected chi connectivity index (χ0v) is 16.7. The quantitative estimate of drug-likeness (QED) is 0.791. The van der Waals surface area contributed by atoms with Gasteiger partial charge in [-0.05, 0) is 54.4 Å². The van der Waals surface area contributed by atoms with E-state index in [0.29, 0.717) is 13.1 Å². The van der Waals surface area contributed by atoms with Crippen LogP contribution in [0.25, 0.3) is 0 Å². The summed E-state index contributed by atoms with van der Waals surface area (Å²) in [6.07, 6.45) is 1.57. The lowest BCUT2D eigenvalue weighted by Crippen LogP contribution is -2.54. The van der Waals surface area contributed by atoms with Gasteiger partial charge in [-0.1, -0.05) is 0 Å². The predicted molar refractivity (Wildman–Crippen MR) is 97.2 cm³/mol. The standard InChI is InChI=1S/C17H33N3O3S/c1-15(2,3)23-14(21)20-9-7-17(8-10-20)12-18-11-13(17)19-24(22)16(4,5)6/h13,18-19H,7-12H2,1-6H3/t13-,24+/m0/s1. The van der Waals surface area contributed by atoms with Gasteiger partial charge in [0.05, 0.1) is 15.7 Å². The number of likely N-dealkylation sites (tertiary alicyclic amines) is 1. The molecule has 0 unspecified atom stereocenters. The third-order valence-electron chi connectivity index (χ3n) is 4.78. The first-order valence-electron chi connectivity index (χ1n) is 8.80. The molecule has 2 aliphatic heterocycles. The molecule has 2 saturated heterocycles. The SMILES string of the molecule is CC(C)(C)OC(=O)N1CCC2(CC1)CNC[C@@H]2N[S@](=O)C(C)(C)C. The van der Waals surface area contributed by atoms with E-state index in [1.807, 2.05) is 41.5 Å². The van der Waals surface area contributed by atoms with Gasteiger partial charge in [-0.3, -0.25) is 0 Å². The van der Waals surface area contributed by atoms with E-state index in [1.54, 1.807) is 4.90 Å². The van der Waals surface area contributed by atoms with E-state index in [1.165, 1.54) is 0 Å². The highest BCUT2D eigenvalue weighted by atomic mass is 32.2. The summed E-state index contributed by atoms with van der Waals surface area (Å²) in [6.45, 7) is 14.7. The van der Waals surface area contributed by atoms with Crippen molar-refractivity contribution >= 4 is 17.1 Å². The molecule has 0 aromatic rings. The third kappa shape index (κ3) is 4.70. The average Bonchev–Trinajstić information content (AvgIpc) is 2.79. The van der Waals surface area contributed by atoms with Crippen molar-refractivity contribution in [3.8, 4) is 0 Å². The Morgan fingerprint density at radius 3 is 2.29 bits per heavy atom. The highest BCUT2D eigenvalue weighted by molar-refractivity contribution is 7.84. The highest BCUT2D eigenvalue weighted by Crippen LogP contribution is 2.38. The van der Waals surface area contributed by atoms with Gasteiger partial charge in [0.1, 0.15) is 5.60 Å². The molecular formula is C17H33N3O3S. The fraction of sp³-hybridized carbons (Fsp3) is 0.941. The molecule has 1 amide bonds. The molecule has 0 aromatic heterocycles. The van der Waals surface area contributed by atoms with Gasteiger partial charge >= 0.3 is 6.09 Å². The molecule has 0 radical (unpaired) electrons. The van der Waals surface area contributed by atoms with Gasteiger partial charge in [0.15, 0.2) is 0 Å². The molecular weight excluding hydrogens is 326 g/mol. The van der Waals surface area contributed by atoms with Gasteiger partial charge in [-0.25, -0.2) is 13.7 Å². The third-order valence-corrected chi connectivity index (χ3v) is 6.39. The Bertz CT molecular complexity index is 488. The Morgan fingerprint density at radius 2 is 1.79 bits per heavy atom. The van der Waals surface area contributed by atoms with Gasteiger partial charge < -0.3 is 15.0 Å². The normalized spacial score (nSPS) is 25.8. The molecule has 1 spiro atoms. The monoisotopic (exact) mass is 359 g/mol. The molecule has 6 nitrogen and oxygen atoms in total. The molecule has 2 rings (SSSR count). The molecule has 0 saturated carbocycles. The first kappa shape index (κ1) is 19.7. The van der Waals surface area contributed by atoms with Crippen LogP contribution in [0.3, 0.4) is 0 Å². The van der Waals surface area contributed by atoms with Gasteiger partial charge in [-0.2, -0.15) is 0 Å². The van der Waals surface area contributed by atoms with Gasteiger partial charge in [0.25, 0.3) is 0 Å². The summed E-state index contributed by atoms with van der Waals surface area (Å²) in [6, 6.07) is 0.179. The smallest absolute Gasteiger partial charge is 0.410 e. The Hall–Kier alpha value is -0.660. The molecule has 2 aliphatic rings. The van der Waals surface area contributed by atoms with Crippen LogP contribution in [0.15, 0.2) is 0 Å². The fourth-order valence-electron chi connectivity index (χ4n) is 3.26. The minimum absolute atomic E-state index is 0.0689. The van der Waals surface area contributed by atoms with Crippen molar-refractivity contribution in [2.75, 3.05) is 26.2 Å². The van der Waals surface area contributed by atoms with E-state index in [2.05, 4.69) is 10.0 Å². The summed E-state index contributed by atoms with van der Waals surface area (Å²) < 4.78 is 21.0. The number of nitrogens with one attached hydrogen (secondary N) is 2. The van der Waals surface area contributed by atoms with Crippen molar-refractivity contribution in [2.45, 2.75) is 70.8 Å². The first-order valence-corrected chi connectivity index (χ1v) is 9.95. The molecule has 0 aromatic carbocycles. The maximum atomic E-state index is 12.5.